The zero-order valence-corrected chi connectivity index (χ0v) is 18.4. The lowest BCUT2D eigenvalue weighted by atomic mass is 9.67. The quantitative estimate of drug-likeness (QED) is 0.274. The van der Waals surface area contributed by atoms with Gasteiger partial charge >= 0.3 is 5.97 Å². The number of benzene rings is 1. The summed E-state index contributed by atoms with van der Waals surface area (Å²) in [5, 5.41) is 6.75. The number of methoxy groups -OCH3 is 2. The van der Waals surface area contributed by atoms with Gasteiger partial charge in [0.2, 0.25) is 0 Å². The van der Waals surface area contributed by atoms with Gasteiger partial charge in [-0.25, -0.2) is 4.79 Å². The highest BCUT2D eigenvalue weighted by molar-refractivity contribution is 14.0. The molecule has 2 N–H and O–H groups in total. The van der Waals surface area contributed by atoms with Crippen molar-refractivity contribution in [3.05, 3.63) is 29.3 Å². The van der Waals surface area contributed by atoms with Crippen molar-refractivity contribution in [1.82, 2.24) is 10.6 Å². The fourth-order valence-corrected chi connectivity index (χ4v) is 3.13. The maximum absolute atomic E-state index is 11.7. The molecular formula is C19H30IN3O3. The molecule has 26 heavy (non-hydrogen) atoms. The summed E-state index contributed by atoms with van der Waals surface area (Å²) in [7, 11) is 4.68. The fraction of sp³-hybridized carbons (Fsp3) is 0.579. The lowest BCUT2D eigenvalue weighted by Crippen LogP contribution is -2.46. The van der Waals surface area contributed by atoms with Crippen molar-refractivity contribution in [3.8, 4) is 5.75 Å². The average molecular weight is 475 g/mol. The number of ether oxygens (including phenoxy) is 2. The van der Waals surface area contributed by atoms with Crippen LogP contribution in [0.1, 0.15) is 48.5 Å². The molecule has 6 nitrogen and oxygen atoms in total. The smallest absolute Gasteiger partial charge is 0.341 e. The predicted molar refractivity (Wildman–Crippen MR) is 115 cm³/mol. The van der Waals surface area contributed by atoms with Gasteiger partial charge in [0.25, 0.3) is 0 Å². The van der Waals surface area contributed by atoms with E-state index in [4.69, 9.17) is 9.47 Å². The Morgan fingerprint density at radius 3 is 2.50 bits per heavy atom. The molecule has 0 bridgehead atoms. The van der Waals surface area contributed by atoms with Crippen LogP contribution in [0.5, 0.6) is 5.75 Å². The van der Waals surface area contributed by atoms with E-state index >= 15 is 0 Å². The van der Waals surface area contributed by atoms with Crippen molar-refractivity contribution in [2.75, 3.05) is 27.8 Å². The lowest BCUT2D eigenvalue weighted by Gasteiger charge is -2.41. The molecule has 7 heteroatoms. The molecule has 0 spiro atoms. The molecule has 1 aliphatic rings. The molecular weight excluding hydrogens is 445 g/mol. The van der Waals surface area contributed by atoms with E-state index in [1.807, 2.05) is 12.1 Å². The minimum atomic E-state index is -0.404. The Bertz CT molecular complexity index is 625. The SMILES string of the molecule is CCC1(CNC(=NC)NCc2ccc(C(=O)OC)c(OC)c2)CCC1.I. The highest BCUT2D eigenvalue weighted by Crippen LogP contribution is 2.42. The van der Waals surface area contributed by atoms with Gasteiger partial charge < -0.3 is 20.1 Å². The second-order valence-corrected chi connectivity index (χ2v) is 6.51. The standard InChI is InChI=1S/C19H29N3O3.HI/c1-5-19(9-6-10-19)13-22-18(20-2)21-12-14-7-8-15(17(23)25-4)16(11-14)24-3;/h7-8,11H,5-6,9-10,12-13H2,1-4H3,(H2,20,21,22);1H. The third kappa shape index (κ3) is 5.49. The predicted octanol–water partition coefficient (Wildman–Crippen LogP) is 3.35. The fourth-order valence-electron chi connectivity index (χ4n) is 3.13. The number of rotatable bonds is 7. The van der Waals surface area contributed by atoms with Gasteiger partial charge in [-0.15, -0.1) is 24.0 Å². The van der Waals surface area contributed by atoms with Crippen LogP contribution < -0.4 is 15.4 Å². The molecule has 0 aromatic heterocycles. The van der Waals surface area contributed by atoms with E-state index in [9.17, 15) is 4.79 Å². The minimum Gasteiger partial charge on any atom is -0.496 e. The van der Waals surface area contributed by atoms with Gasteiger partial charge in [-0.1, -0.05) is 19.4 Å². The molecule has 146 valence electrons. The third-order valence-electron chi connectivity index (χ3n) is 5.15. The van der Waals surface area contributed by atoms with E-state index in [1.54, 1.807) is 20.2 Å². The van der Waals surface area contributed by atoms with E-state index in [0.717, 1.165) is 18.1 Å². The van der Waals surface area contributed by atoms with Crippen LogP contribution in [0.25, 0.3) is 0 Å². The van der Waals surface area contributed by atoms with E-state index in [0.29, 0.717) is 23.3 Å². The lowest BCUT2D eigenvalue weighted by molar-refractivity contribution is 0.0597. The minimum absolute atomic E-state index is 0. The van der Waals surface area contributed by atoms with Crippen LogP contribution in [0.3, 0.4) is 0 Å². The molecule has 1 fully saturated rings. The second kappa shape index (κ2) is 10.6. The highest BCUT2D eigenvalue weighted by atomic mass is 127. The van der Waals surface area contributed by atoms with Crippen LogP contribution in [0.2, 0.25) is 0 Å². The summed E-state index contributed by atoms with van der Waals surface area (Å²) in [4.78, 5) is 16.0. The first-order valence-corrected chi connectivity index (χ1v) is 8.77. The zero-order valence-electron chi connectivity index (χ0n) is 16.1. The van der Waals surface area contributed by atoms with E-state index in [2.05, 4.69) is 22.5 Å². The monoisotopic (exact) mass is 475 g/mol. The van der Waals surface area contributed by atoms with Crippen LogP contribution in [0.15, 0.2) is 23.2 Å². The summed E-state index contributed by atoms with van der Waals surface area (Å²) in [6, 6.07) is 5.44. The van der Waals surface area contributed by atoms with Gasteiger partial charge in [-0.2, -0.15) is 0 Å². The van der Waals surface area contributed by atoms with E-state index < -0.39 is 5.97 Å². The first-order chi connectivity index (χ1) is 12.1. The van der Waals surface area contributed by atoms with E-state index in [-0.39, 0.29) is 24.0 Å². The summed E-state index contributed by atoms with van der Waals surface area (Å²) in [5.41, 5.74) is 1.86. The van der Waals surface area contributed by atoms with Crippen LogP contribution in [0.4, 0.5) is 0 Å². The third-order valence-corrected chi connectivity index (χ3v) is 5.15. The number of guanidine groups is 1. The Morgan fingerprint density at radius 1 is 1.27 bits per heavy atom. The van der Waals surface area contributed by atoms with Gasteiger partial charge in [0.1, 0.15) is 11.3 Å². The van der Waals surface area contributed by atoms with Crippen molar-refractivity contribution < 1.29 is 14.3 Å². The van der Waals surface area contributed by atoms with Gasteiger partial charge in [0.15, 0.2) is 5.96 Å². The van der Waals surface area contributed by atoms with Crippen molar-refractivity contribution in [1.29, 1.82) is 0 Å². The van der Waals surface area contributed by atoms with Crippen LogP contribution in [-0.4, -0.2) is 39.7 Å². The molecule has 0 amide bonds. The van der Waals surface area contributed by atoms with Crippen molar-refractivity contribution in [2.24, 2.45) is 10.4 Å². The molecule has 0 heterocycles. The first-order valence-electron chi connectivity index (χ1n) is 8.77. The van der Waals surface area contributed by atoms with Gasteiger partial charge in [0, 0.05) is 20.1 Å². The molecule has 2 rings (SSSR count). The number of nitrogens with zero attached hydrogens (tertiary/aromatic N) is 1. The number of hydrogen-bond donors (Lipinski definition) is 2. The molecule has 0 atom stereocenters. The molecule has 1 saturated carbocycles. The maximum atomic E-state index is 11.7. The topological polar surface area (TPSA) is 72.0 Å². The number of aliphatic imine (C=N–C) groups is 1. The summed E-state index contributed by atoms with van der Waals surface area (Å²) in [6.07, 6.45) is 5.11. The van der Waals surface area contributed by atoms with Crippen LogP contribution >= 0.6 is 24.0 Å². The van der Waals surface area contributed by atoms with Crippen molar-refractivity contribution >= 4 is 35.9 Å². The number of carbonyl (C=O) groups excluding carboxylic acids is 1. The molecule has 1 aliphatic carbocycles. The van der Waals surface area contributed by atoms with Crippen molar-refractivity contribution in [2.45, 2.75) is 39.2 Å². The Kier molecular flexibility index (Phi) is 9.18. The van der Waals surface area contributed by atoms with Gasteiger partial charge in [-0.05, 0) is 42.4 Å². The number of esters is 1. The zero-order chi connectivity index (χ0) is 18.3. The maximum Gasteiger partial charge on any atom is 0.341 e. The number of halogens is 1. The van der Waals surface area contributed by atoms with Gasteiger partial charge in [-0.3, -0.25) is 4.99 Å². The Morgan fingerprint density at radius 2 is 2.00 bits per heavy atom. The van der Waals surface area contributed by atoms with Crippen molar-refractivity contribution in [3.63, 3.8) is 0 Å². The molecule has 0 unspecified atom stereocenters. The normalized spacial score (nSPS) is 15.3. The average Bonchev–Trinajstić information content (AvgIpc) is 2.62. The molecule has 0 aliphatic heterocycles. The number of carbonyl (C=O) groups is 1. The molecule has 0 radical (unpaired) electrons. The Balaban J connectivity index is 0.00000338. The first kappa shape index (κ1) is 22.5. The second-order valence-electron chi connectivity index (χ2n) is 6.51. The summed E-state index contributed by atoms with van der Waals surface area (Å²) in [6.45, 7) is 3.80. The number of nitrogens with one attached hydrogen (secondary N) is 2. The Labute approximate surface area is 173 Å². The molecule has 0 saturated heterocycles. The Hall–Kier alpha value is -1.51. The van der Waals surface area contributed by atoms with Crippen LogP contribution in [0, 0.1) is 5.41 Å². The number of hydrogen-bond acceptors (Lipinski definition) is 4. The highest BCUT2D eigenvalue weighted by Gasteiger charge is 2.34. The van der Waals surface area contributed by atoms with Gasteiger partial charge in [0.05, 0.1) is 14.2 Å². The molecule has 1 aromatic carbocycles. The summed E-state index contributed by atoms with van der Waals surface area (Å²) in [5.74, 6) is 0.892. The largest absolute Gasteiger partial charge is 0.496 e. The van der Waals surface area contributed by atoms with E-state index in [1.165, 1.54) is 32.8 Å². The summed E-state index contributed by atoms with van der Waals surface area (Å²) >= 11 is 0. The van der Waals surface area contributed by atoms with Crippen LogP contribution in [-0.2, 0) is 11.3 Å². The summed E-state index contributed by atoms with van der Waals surface area (Å²) < 4.78 is 10.1. The molecule has 1 aromatic rings.